The number of ether oxygens (including phenoxy) is 3. The van der Waals surface area contributed by atoms with Gasteiger partial charge in [-0.05, 0) is 59.7 Å². The highest BCUT2D eigenvalue weighted by Crippen LogP contribution is 2.32. The van der Waals surface area contributed by atoms with Crippen molar-refractivity contribution in [2.75, 3.05) is 25.1 Å². The summed E-state index contributed by atoms with van der Waals surface area (Å²) in [5.41, 5.74) is 1.26. The van der Waals surface area contributed by atoms with Crippen LogP contribution in [0.5, 0.6) is 17.2 Å². The Morgan fingerprint density at radius 1 is 0.829 bits per heavy atom. The Kier molecular flexibility index (Phi) is 9.41. The second kappa shape index (κ2) is 13.1. The second-order valence-electron chi connectivity index (χ2n) is 8.82. The zero-order valence-corrected chi connectivity index (χ0v) is 23.2. The molecule has 0 spiro atoms. The minimum Gasteiger partial charge on any atom is -0.493 e. The lowest BCUT2D eigenvalue weighted by Crippen LogP contribution is -2.41. The molecule has 1 amide bonds. The molecular formula is C30H28F2N2O6S. The molecule has 0 aliphatic heterocycles. The molecule has 0 radical (unpaired) electrons. The third-order valence-corrected chi connectivity index (χ3v) is 7.84. The fraction of sp³-hybridized carbons (Fsp3) is 0.167. The van der Waals surface area contributed by atoms with E-state index in [0.717, 1.165) is 17.2 Å². The first-order chi connectivity index (χ1) is 19.7. The number of carbonyl (C=O) groups excluding carboxylic acids is 1. The summed E-state index contributed by atoms with van der Waals surface area (Å²) in [7, 11) is -1.61. The van der Waals surface area contributed by atoms with Gasteiger partial charge >= 0.3 is 0 Å². The summed E-state index contributed by atoms with van der Waals surface area (Å²) >= 11 is 0. The minimum atomic E-state index is -4.39. The maximum absolute atomic E-state index is 14.8. The molecule has 8 nitrogen and oxygen atoms in total. The van der Waals surface area contributed by atoms with Crippen molar-refractivity contribution >= 4 is 21.6 Å². The summed E-state index contributed by atoms with van der Waals surface area (Å²) in [4.78, 5) is 12.7. The number of anilines is 1. The van der Waals surface area contributed by atoms with E-state index in [0.29, 0.717) is 15.8 Å². The topological polar surface area (TPSA) is 94.2 Å². The average Bonchev–Trinajstić information content (AvgIpc) is 2.99. The third-order valence-electron chi connectivity index (χ3n) is 6.08. The Bertz CT molecular complexity index is 1600. The van der Waals surface area contributed by atoms with E-state index in [4.69, 9.17) is 14.2 Å². The zero-order valence-electron chi connectivity index (χ0n) is 22.3. The highest BCUT2D eigenvalue weighted by atomic mass is 32.2. The van der Waals surface area contributed by atoms with Gasteiger partial charge in [-0.1, -0.05) is 36.4 Å². The lowest BCUT2D eigenvalue weighted by Gasteiger charge is -2.25. The molecule has 0 aromatic heterocycles. The second-order valence-corrected chi connectivity index (χ2v) is 10.7. The maximum Gasteiger partial charge on any atom is 0.265 e. The van der Waals surface area contributed by atoms with Gasteiger partial charge in [-0.2, -0.15) is 0 Å². The number of methoxy groups -OCH3 is 2. The normalized spacial score (nSPS) is 11.0. The molecule has 0 aliphatic carbocycles. The van der Waals surface area contributed by atoms with Crippen LogP contribution in [0.4, 0.5) is 14.5 Å². The number of rotatable bonds is 12. The lowest BCUT2D eigenvalue weighted by molar-refractivity contribution is -0.119. The zero-order chi connectivity index (χ0) is 29.4. The van der Waals surface area contributed by atoms with Gasteiger partial charge in [0.25, 0.3) is 10.0 Å². The molecule has 0 saturated heterocycles. The predicted molar refractivity (Wildman–Crippen MR) is 149 cm³/mol. The number of hydrogen-bond donors (Lipinski definition) is 1. The first kappa shape index (κ1) is 29.3. The van der Waals surface area contributed by atoms with E-state index < -0.39 is 28.3 Å². The van der Waals surface area contributed by atoms with Crippen molar-refractivity contribution in [1.29, 1.82) is 0 Å². The number of amides is 1. The smallest absolute Gasteiger partial charge is 0.265 e. The van der Waals surface area contributed by atoms with Gasteiger partial charge in [0, 0.05) is 12.6 Å². The van der Waals surface area contributed by atoms with Gasteiger partial charge in [0.05, 0.1) is 24.8 Å². The number of hydrogen-bond acceptors (Lipinski definition) is 6. The Morgan fingerprint density at radius 2 is 1.49 bits per heavy atom. The highest BCUT2D eigenvalue weighted by Gasteiger charge is 2.30. The number of nitrogens with zero attached hydrogens (tertiary/aromatic N) is 1. The summed E-state index contributed by atoms with van der Waals surface area (Å²) in [6, 6.07) is 22.2. The molecule has 0 saturated carbocycles. The maximum atomic E-state index is 14.8. The van der Waals surface area contributed by atoms with Crippen molar-refractivity contribution in [2.45, 2.75) is 18.0 Å². The SMILES string of the molecule is COc1ccc(S(=O)(=O)N(CC(=O)NCc2ccc(OCc3ccc(F)cc3)cc2)c2ccccc2F)cc1OC. The van der Waals surface area contributed by atoms with Crippen LogP contribution in [-0.2, 0) is 28.0 Å². The Morgan fingerprint density at radius 3 is 2.15 bits per heavy atom. The molecule has 0 atom stereocenters. The quantitative estimate of drug-likeness (QED) is 0.251. The standard InChI is InChI=1S/C30H28F2N2O6S/c1-38-28-16-15-25(17-29(28)39-2)41(36,37)34(27-6-4-3-5-26(27)32)19-30(35)33-18-21-9-13-24(14-10-21)40-20-22-7-11-23(31)12-8-22/h3-17H,18-20H2,1-2H3,(H,33,35). The summed E-state index contributed by atoms with van der Waals surface area (Å²) in [6.07, 6.45) is 0. The van der Waals surface area contributed by atoms with Crippen LogP contribution >= 0.6 is 0 Å². The van der Waals surface area contributed by atoms with Crippen molar-refractivity contribution in [3.63, 3.8) is 0 Å². The van der Waals surface area contributed by atoms with E-state index in [2.05, 4.69) is 5.32 Å². The number of para-hydroxylation sites is 1. The molecule has 41 heavy (non-hydrogen) atoms. The van der Waals surface area contributed by atoms with Gasteiger partial charge in [0.1, 0.15) is 30.5 Å². The molecule has 0 heterocycles. The van der Waals surface area contributed by atoms with E-state index in [-0.39, 0.29) is 35.3 Å². The van der Waals surface area contributed by atoms with Gasteiger partial charge in [-0.3, -0.25) is 9.10 Å². The minimum absolute atomic E-state index is 0.0958. The van der Waals surface area contributed by atoms with E-state index in [1.165, 1.54) is 62.8 Å². The summed E-state index contributed by atoms with van der Waals surface area (Å²) in [5, 5.41) is 2.68. The van der Waals surface area contributed by atoms with Gasteiger partial charge in [-0.25, -0.2) is 17.2 Å². The summed E-state index contributed by atoms with van der Waals surface area (Å²) in [6.45, 7) is -0.314. The van der Waals surface area contributed by atoms with Crippen LogP contribution in [0.3, 0.4) is 0 Å². The lowest BCUT2D eigenvalue weighted by atomic mass is 10.2. The first-order valence-corrected chi connectivity index (χ1v) is 13.9. The van der Waals surface area contributed by atoms with Crippen LogP contribution in [0, 0.1) is 11.6 Å². The van der Waals surface area contributed by atoms with Crippen LogP contribution in [0.2, 0.25) is 0 Å². The molecule has 1 N–H and O–H groups in total. The molecule has 4 aromatic rings. The van der Waals surface area contributed by atoms with E-state index in [9.17, 15) is 22.0 Å². The van der Waals surface area contributed by atoms with Crippen LogP contribution in [0.1, 0.15) is 11.1 Å². The number of benzene rings is 4. The van der Waals surface area contributed by atoms with Crippen LogP contribution in [0.25, 0.3) is 0 Å². The number of nitrogens with one attached hydrogen (secondary N) is 1. The fourth-order valence-corrected chi connectivity index (χ4v) is 5.34. The number of sulfonamides is 1. The van der Waals surface area contributed by atoms with Crippen molar-refractivity contribution in [3.05, 3.63) is 114 Å². The van der Waals surface area contributed by atoms with Gasteiger partial charge in [0.15, 0.2) is 11.5 Å². The largest absolute Gasteiger partial charge is 0.493 e. The van der Waals surface area contributed by atoms with Gasteiger partial charge in [0.2, 0.25) is 5.91 Å². The number of halogens is 2. The fourth-order valence-electron chi connectivity index (χ4n) is 3.90. The molecule has 0 aliphatic rings. The Balaban J connectivity index is 1.45. The molecule has 214 valence electrons. The molecular weight excluding hydrogens is 554 g/mol. The molecule has 11 heteroatoms. The van der Waals surface area contributed by atoms with Gasteiger partial charge in [-0.15, -0.1) is 0 Å². The predicted octanol–water partition coefficient (Wildman–Crippen LogP) is 5.07. The van der Waals surface area contributed by atoms with Crippen LogP contribution < -0.4 is 23.8 Å². The van der Waals surface area contributed by atoms with E-state index >= 15 is 0 Å². The van der Waals surface area contributed by atoms with Crippen molar-refractivity contribution < 1.29 is 36.2 Å². The van der Waals surface area contributed by atoms with Crippen LogP contribution in [-0.4, -0.2) is 35.1 Å². The Hall–Kier alpha value is -4.64. The van der Waals surface area contributed by atoms with Crippen molar-refractivity contribution in [2.24, 2.45) is 0 Å². The average molecular weight is 583 g/mol. The molecule has 0 fully saturated rings. The molecule has 4 rings (SSSR count). The van der Waals surface area contributed by atoms with Crippen molar-refractivity contribution in [1.82, 2.24) is 5.32 Å². The van der Waals surface area contributed by atoms with E-state index in [1.807, 2.05) is 0 Å². The van der Waals surface area contributed by atoms with Gasteiger partial charge < -0.3 is 19.5 Å². The van der Waals surface area contributed by atoms with Crippen molar-refractivity contribution in [3.8, 4) is 17.2 Å². The molecule has 0 unspecified atom stereocenters. The number of carbonyl (C=O) groups is 1. The summed E-state index contributed by atoms with van der Waals surface area (Å²) in [5.74, 6) is -0.716. The third kappa shape index (κ3) is 7.31. The molecule has 4 aromatic carbocycles. The molecule has 0 bridgehead atoms. The van der Waals surface area contributed by atoms with Crippen LogP contribution in [0.15, 0.2) is 95.9 Å². The summed E-state index contributed by atoms with van der Waals surface area (Å²) < 4.78 is 71.9. The first-order valence-electron chi connectivity index (χ1n) is 12.4. The Labute approximate surface area is 237 Å². The highest BCUT2D eigenvalue weighted by molar-refractivity contribution is 7.92. The van der Waals surface area contributed by atoms with E-state index in [1.54, 1.807) is 36.4 Å². The monoisotopic (exact) mass is 582 g/mol.